The van der Waals surface area contributed by atoms with Gasteiger partial charge in [-0.25, -0.2) is 13.1 Å². The van der Waals surface area contributed by atoms with Crippen LogP contribution in [0.25, 0.3) is 11.1 Å². The Hall–Kier alpha value is -3.34. The fourth-order valence-corrected chi connectivity index (χ4v) is 6.26. The second kappa shape index (κ2) is 15.8. The van der Waals surface area contributed by atoms with Crippen LogP contribution in [0.5, 0.6) is 0 Å². The fourth-order valence-electron chi connectivity index (χ4n) is 4.44. The first kappa shape index (κ1) is 33.2. The van der Waals surface area contributed by atoms with Crippen molar-refractivity contribution >= 4 is 52.0 Å². The number of carbonyl (C=O) groups excluding carboxylic acids is 3. The third-order valence-electron chi connectivity index (χ3n) is 6.43. The Labute approximate surface area is 258 Å². The highest BCUT2D eigenvalue weighted by atomic mass is 35.5. The molecule has 3 aromatic rings. The zero-order chi connectivity index (χ0) is 30.7. The third-order valence-corrected chi connectivity index (χ3v) is 8.60. The Kier molecular flexibility index (Phi) is 12.4. The smallest absolute Gasteiger partial charge is 0.264 e. The standard InChI is InChI=1S/C31H36ClN3O5S2/c1-3-9-31(38)35(17-16-30(37)33-20-25(41)18-23-10-5-4-6-11-23)21-24-14-15-26(28(32)19-24)27-12-7-8-13-29(27)42(39,40)34-22(2)36/h4-8,10-15,19,25,41H,3,9,16-18,20-21H2,1-2H3,(H,33,37)(H,34,36)/t25-/m0/s1. The fraction of sp³-hybridized carbons (Fsp3) is 0.323. The van der Waals surface area contributed by atoms with Crippen molar-refractivity contribution in [3.05, 3.63) is 88.9 Å². The van der Waals surface area contributed by atoms with Gasteiger partial charge in [-0.3, -0.25) is 14.4 Å². The summed E-state index contributed by atoms with van der Waals surface area (Å²) in [7, 11) is -4.10. The van der Waals surface area contributed by atoms with Crippen molar-refractivity contribution in [3.8, 4) is 11.1 Å². The minimum Gasteiger partial charge on any atom is -0.355 e. The first-order valence-corrected chi connectivity index (χ1v) is 16.1. The molecule has 1 atom stereocenters. The minimum absolute atomic E-state index is 0.0341. The molecule has 3 amide bonds. The summed E-state index contributed by atoms with van der Waals surface area (Å²) in [5.41, 5.74) is 2.68. The average Bonchev–Trinajstić information content (AvgIpc) is 2.94. The number of halogens is 1. The van der Waals surface area contributed by atoms with Crippen molar-refractivity contribution in [3.63, 3.8) is 0 Å². The van der Waals surface area contributed by atoms with Gasteiger partial charge in [0.2, 0.25) is 17.7 Å². The monoisotopic (exact) mass is 629 g/mol. The van der Waals surface area contributed by atoms with E-state index in [0.29, 0.717) is 30.5 Å². The van der Waals surface area contributed by atoms with Crippen LogP contribution in [0.2, 0.25) is 5.02 Å². The van der Waals surface area contributed by atoms with Crippen LogP contribution in [0.3, 0.4) is 0 Å². The molecule has 0 aliphatic carbocycles. The molecule has 0 aromatic heterocycles. The predicted octanol–water partition coefficient (Wildman–Crippen LogP) is 5.01. The van der Waals surface area contributed by atoms with Crippen LogP contribution in [0.4, 0.5) is 0 Å². The van der Waals surface area contributed by atoms with Crippen LogP contribution < -0.4 is 10.0 Å². The Morgan fingerprint density at radius 1 is 0.929 bits per heavy atom. The molecule has 0 spiro atoms. The van der Waals surface area contributed by atoms with Crippen molar-refractivity contribution in [2.24, 2.45) is 0 Å². The predicted molar refractivity (Wildman–Crippen MR) is 169 cm³/mol. The summed E-state index contributed by atoms with van der Waals surface area (Å²) in [5.74, 6) is -0.940. The lowest BCUT2D eigenvalue weighted by Crippen LogP contribution is -2.36. The Balaban J connectivity index is 1.68. The maximum Gasteiger partial charge on any atom is 0.264 e. The number of nitrogens with zero attached hydrogens (tertiary/aromatic N) is 1. The molecule has 2 N–H and O–H groups in total. The van der Waals surface area contributed by atoms with Gasteiger partial charge in [0.15, 0.2) is 0 Å². The highest BCUT2D eigenvalue weighted by Gasteiger charge is 2.22. The first-order chi connectivity index (χ1) is 20.0. The van der Waals surface area contributed by atoms with Crippen LogP contribution in [-0.4, -0.2) is 49.4 Å². The Bertz CT molecular complexity index is 1500. The Morgan fingerprint density at radius 2 is 1.62 bits per heavy atom. The maximum absolute atomic E-state index is 12.9. The maximum atomic E-state index is 12.9. The largest absolute Gasteiger partial charge is 0.355 e. The number of hydrogen-bond donors (Lipinski definition) is 3. The number of rotatable bonds is 14. The second-order valence-corrected chi connectivity index (χ2v) is 12.7. The summed E-state index contributed by atoms with van der Waals surface area (Å²) >= 11 is 11.2. The molecule has 11 heteroatoms. The molecule has 224 valence electrons. The highest BCUT2D eigenvalue weighted by molar-refractivity contribution is 7.90. The third kappa shape index (κ3) is 9.89. The quantitative estimate of drug-likeness (QED) is 0.217. The highest BCUT2D eigenvalue weighted by Crippen LogP contribution is 2.33. The van der Waals surface area contributed by atoms with Crippen LogP contribution in [0.1, 0.15) is 44.2 Å². The van der Waals surface area contributed by atoms with E-state index in [9.17, 15) is 22.8 Å². The molecule has 8 nitrogen and oxygen atoms in total. The number of carbonyl (C=O) groups is 3. The van der Waals surface area contributed by atoms with Crippen molar-refractivity contribution in [1.82, 2.24) is 14.9 Å². The summed E-state index contributed by atoms with van der Waals surface area (Å²) in [5, 5.41) is 3.16. The van der Waals surface area contributed by atoms with E-state index >= 15 is 0 Å². The number of benzene rings is 3. The second-order valence-electron chi connectivity index (χ2n) is 9.93. The summed E-state index contributed by atoms with van der Waals surface area (Å²) in [4.78, 5) is 38.5. The number of sulfonamides is 1. The number of nitrogens with one attached hydrogen (secondary N) is 2. The Morgan fingerprint density at radius 3 is 2.29 bits per heavy atom. The molecule has 0 bridgehead atoms. The lowest BCUT2D eigenvalue weighted by atomic mass is 10.0. The van der Waals surface area contributed by atoms with Gasteiger partial charge in [-0.05, 0) is 36.1 Å². The molecule has 0 aliphatic heterocycles. The van der Waals surface area contributed by atoms with Crippen molar-refractivity contribution in [1.29, 1.82) is 0 Å². The molecule has 0 saturated carbocycles. The summed E-state index contributed by atoms with van der Waals surface area (Å²) in [6.45, 7) is 3.93. The molecular formula is C31H36ClN3O5S2. The van der Waals surface area contributed by atoms with Gasteiger partial charge in [-0.1, -0.05) is 79.2 Å². The van der Waals surface area contributed by atoms with E-state index in [1.807, 2.05) is 42.0 Å². The van der Waals surface area contributed by atoms with Crippen LogP contribution in [-0.2, 0) is 37.4 Å². The van der Waals surface area contributed by atoms with Crippen LogP contribution >= 0.6 is 24.2 Å². The summed E-state index contributed by atoms with van der Waals surface area (Å²) < 4.78 is 27.5. The normalized spacial score (nSPS) is 11.9. The van der Waals surface area contributed by atoms with E-state index in [2.05, 4.69) is 17.9 Å². The van der Waals surface area contributed by atoms with Crippen LogP contribution in [0, 0.1) is 0 Å². The van der Waals surface area contributed by atoms with Gasteiger partial charge in [0.1, 0.15) is 0 Å². The molecule has 0 unspecified atom stereocenters. The van der Waals surface area contributed by atoms with E-state index in [-0.39, 0.29) is 46.5 Å². The zero-order valence-corrected chi connectivity index (χ0v) is 26.1. The van der Waals surface area contributed by atoms with Crippen molar-refractivity contribution in [2.75, 3.05) is 13.1 Å². The molecule has 0 aliphatic rings. The van der Waals surface area contributed by atoms with Gasteiger partial charge >= 0.3 is 0 Å². The van der Waals surface area contributed by atoms with E-state index < -0.39 is 15.9 Å². The molecule has 0 radical (unpaired) electrons. The van der Waals surface area contributed by atoms with E-state index in [4.69, 9.17) is 11.6 Å². The molecule has 0 fully saturated rings. The first-order valence-electron chi connectivity index (χ1n) is 13.7. The van der Waals surface area contributed by atoms with Crippen LogP contribution in [0.15, 0.2) is 77.7 Å². The summed E-state index contributed by atoms with van der Waals surface area (Å²) in [6.07, 6.45) is 1.88. The molecule has 3 aromatic carbocycles. The van der Waals surface area contributed by atoms with Crippen molar-refractivity contribution in [2.45, 2.75) is 56.2 Å². The van der Waals surface area contributed by atoms with E-state index in [1.54, 1.807) is 41.3 Å². The van der Waals surface area contributed by atoms with Crippen molar-refractivity contribution < 1.29 is 22.8 Å². The molecule has 42 heavy (non-hydrogen) atoms. The lowest BCUT2D eigenvalue weighted by Gasteiger charge is -2.23. The molecule has 0 heterocycles. The lowest BCUT2D eigenvalue weighted by molar-refractivity contribution is -0.132. The average molecular weight is 630 g/mol. The number of hydrogen-bond acceptors (Lipinski definition) is 6. The zero-order valence-electron chi connectivity index (χ0n) is 23.7. The van der Waals surface area contributed by atoms with Gasteiger partial charge in [-0.15, -0.1) is 0 Å². The molecule has 3 rings (SSSR count). The topological polar surface area (TPSA) is 113 Å². The van der Waals surface area contributed by atoms with Gasteiger partial charge < -0.3 is 10.2 Å². The van der Waals surface area contributed by atoms with Gasteiger partial charge in [0, 0.05) is 60.8 Å². The van der Waals surface area contributed by atoms with E-state index in [0.717, 1.165) is 24.5 Å². The number of thiol groups is 1. The molecular weight excluding hydrogens is 594 g/mol. The number of amides is 3. The van der Waals surface area contributed by atoms with Gasteiger partial charge in [0.05, 0.1) is 4.90 Å². The van der Waals surface area contributed by atoms with E-state index in [1.165, 1.54) is 6.07 Å². The van der Waals surface area contributed by atoms with Gasteiger partial charge in [0.25, 0.3) is 10.0 Å². The van der Waals surface area contributed by atoms with Gasteiger partial charge in [-0.2, -0.15) is 12.6 Å². The minimum atomic E-state index is -4.10. The summed E-state index contributed by atoms with van der Waals surface area (Å²) in [6, 6.07) is 21.3. The SMILES string of the molecule is CCCC(=O)N(CCC(=O)NC[C@@H](S)Cc1ccccc1)Cc1ccc(-c2ccccc2S(=O)(=O)NC(C)=O)c(Cl)c1. The molecule has 0 saturated heterocycles.